The zero-order valence-electron chi connectivity index (χ0n) is 9.55. The number of nitrogens with zero attached hydrogens (tertiary/aromatic N) is 2. The van der Waals surface area contributed by atoms with Crippen LogP contribution in [0.5, 0.6) is 0 Å². The summed E-state index contributed by atoms with van der Waals surface area (Å²) in [5, 5.41) is 12.0. The Morgan fingerprint density at radius 1 is 1.42 bits per heavy atom. The summed E-state index contributed by atoms with van der Waals surface area (Å²) in [4.78, 5) is 14.6. The van der Waals surface area contributed by atoms with Crippen LogP contribution in [0.25, 0.3) is 0 Å². The average molecular weight is 360 g/mol. The molecule has 0 fully saturated rings. The van der Waals surface area contributed by atoms with E-state index in [4.69, 9.17) is 11.6 Å². The molecule has 0 aliphatic carbocycles. The smallest absolute Gasteiger partial charge is 0.258 e. The highest BCUT2D eigenvalue weighted by atomic mass is 79.9. The van der Waals surface area contributed by atoms with E-state index >= 15 is 0 Å². The van der Waals surface area contributed by atoms with Gasteiger partial charge >= 0.3 is 5.69 Å². The molecule has 0 spiro atoms. The van der Waals surface area contributed by atoms with Crippen LogP contribution in [-0.2, 0) is 5.75 Å². The molecule has 1 heterocycles. The third-order valence-electron chi connectivity index (χ3n) is 2.32. The van der Waals surface area contributed by atoms with Crippen molar-refractivity contribution in [3.8, 4) is 0 Å². The Hall–Kier alpha value is -1.11. The maximum atomic E-state index is 11.0. The molecular formula is C12H8BrClN2O2S. The maximum Gasteiger partial charge on any atom is 0.302 e. The van der Waals surface area contributed by atoms with Crippen LogP contribution < -0.4 is 0 Å². The van der Waals surface area contributed by atoms with Crippen LogP contribution in [0, 0.1) is 10.1 Å². The van der Waals surface area contributed by atoms with Gasteiger partial charge in [-0.1, -0.05) is 41.6 Å². The van der Waals surface area contributed by atoms with E-state index in [9.17, 15) is 10.1 Å². The molecule has 19 heavy (non-hydrogen) atoms. The van der Waals surface area contributed by atoms with Crippen molar-refractivity contribution in [1.29, 1.82) is 0 Å². The highest BCUT2D eigenvalue weighted by molar-refractivity contribution is 9.10. The molecular weight excluding hydrogens is 352 g/mol. The van der Waals surface area contributed by atoms with Gasteiger partial charge in [-0.25, -0.2) is 4.98 Å². The number of hydrogen-bond donors (Lipinski definition) is 0. The van der Waals surface area contributed by atoms with E-state index in [1.165, 1.54) is 17.8 Å². The van der Waals surface area contributed by atoms with Gasteiger partial charge in [0.2, 0.25) is 0 Å². The summed E-state index contributed by atoms with van der Waals surface area (Å²) in [7, 11) is 0. The molecule has 4 nitrogen and oxygen atoms in total. The highest BCUT2D eigenvalue weighted by Crippen LogP contribution is 2.32. The summed E-state index contributed by atoms with van der Waals surface area (Å²) >= 11 is 10.5. The molecule has 2 aromatic rings. The van der Waals surface area contributed by atoms with E-state index in [0.29, 0.717) is 20.3 Å². The minimum absolute atomic E-state index is 0.00794. The lowest BCUT2D eigenvalue weighted by molar-refractivity contribution is -0.388. The van der Waals surface area contributed by atoms with E-state index in [0.717, 1.165) is 5.56 Å². The van der Waals surface area contributed by atoms with Crippen LogP contribution in [-0.4, -0.2) is 9.91 Å². The van der Waals surface area contributed by atoms with Crippen LogP contribution in [0.15, 0.2) is 46.0 Å². The predicted octanol–water partition coefficient (Wildman–Crippen LogP) is 4.70. The summed E-state index contributed by atoms with van der Waals surface area (Å²) in [6, 6.07) is 8.85. The molecule has 0 bridgehead atoms. The minimum atomic E-state index is -0.438. The van der Waals surface area contributed by atoms with E-state index < -0.39 is 4.92 Å². The van der Waals surface area contributed by atoms with Crippen molar-refractivity contribution in [3.63, 3.8) is 0 Å². The van der Waals surface area contributed by atoms with Crippen LogP contribution >= 0.6 is 39.3 Å². The lowest BCUT2D eigenvalue weighted by Gasteiger charge is -2.04. The number of aromatic nitrogens is 1. The first-order chi connectivity index (χ1) is 9.08. The minimum Gasteiger partial charge on any atom is -0.258 e. The zero-order chi connectivity index (χ0) is 13.8. The Morgan fingerprint density at radius 2 is 2.16 bits per heavy atom. The largest absolute Gasteiger partial charge is 0.302 e. The molecule has 0 N–H and O–H groups in total. The number of thioether (sulfide) groups is 1. The van der Waals surface area contributed by atoms with Gasteiger partial charge in [0, 0.05) is 27.5 Å². The molecule has 0 aliphatic heterocycles. The topological polar surface area (TPSA) is 56.0 Å². The van der Waals surface area contributed by atoms with Crippen molar-refractivity contribution in [2.24, 2.45) is 0 Å². The average Bonchev–Trinajstić information content (AvgIpc) is 2.38. The van der Waals surface area contributed by atoms with Crippen molar-refractivity contribution < 1.29 is 4.92 Å². The van der Waals surface area contributed by atoms with Crippen LogP contribution in [0.1, 0.15) is 5.56 Å². The number of halogens is 2. The Kier molecular flexibility index (Phi) is 4.79. The molecule has 0 saturated carbocycles. The second-order valence-corrected chi connectivity index (χ2v) is 5.90. The second kappa shape index (κ2) is 6.36. The summed E-state index contributed by atoms with van der Waals surface area (Å²) in [5.74, 6) is 0.537. The van der Waals surface area contributed by atoms with E-state index in [1.54, 1.807) is 12.3 Å². The van der Waals surface area contributed by atoms with Gasteiger partial charge in [0.25, 0.3) is 0 Å². The molecule has 0 amide bonds. The van der Waals surface area contributed by atoms with Crippen LogP contribution in [0.2, 0.25) is 5.02 Å². The molecule has 0 radical (unpaired) electrons. The van der Waals surface area contributed by atoms with Gasteiger partial charge in [0.1, 0.15) is 0 Å². The Balaban J connectivity index is 2.20. The summed E-state index contributed by atoms with van der Waals surface area (Å²) < 4.78 is 0.585. The number of rotatable bonds is 4. The fraction of sp³-hybridized carbons (Fsp3) is 0.0833. The van der Waals surface area contributed by atoms with Gasteiger partial charge in [-0.05, 0) is 27.6 Å². The molecule has 7 heteroatoms. The van der Waals surface area contributed by atoms with Crippen LogP contribution in [0.4, 0.5) is 5.69 Å². The fourth-order valence-corrected chi connectivity index (χ4v) is 2.97. The molecule has 98 valence electrons. The number of benzene rings is 1. The molecule has 0 aliphatic rings. The molecule has 1 aromatic carbocycles. The van der Waals surface area contributed by atoms with Gasteiger partial charge < -0.3 is 0 Å². The van der Waals surface area contributed by atoms with Gasteiger partial charge in [-0.3, -0.25) is 10.1 Å². The number of hydrogen-bond acceptors (Lipinski definition) is 4. The third kappa shape index (κ3) is 3.68. The predicted molar refractivity (Wildman–Crippen MR) is 79.6 cm³/mol. The van der Waals surface area contributed by atoms with Gasteiger partial charge in [-0.15, -0.1) is 0 Å². The highest BCUT2D eigenvalue weighted by Gasteiger charge is 2.16. The second-order valence-electron chi connectivity index (χ2n) is 3.62. The lowest BCUT2D eigenvalue weighted by Crippen LogP contribution is -1.94. The molecule has 2 rings (SSSR count). The molecule has 1 aromatic heterocycles. The lowest BCUT2D eigenvalue weighted by atomic mass is 10.2. The van der Waals surface area contributed by atoms with Gasteiger partial charge in [-0.2, -0.15) is 0 Å². The molecule has 0 atom stereocenters. The maximum absolute atomic E-state index is 11.0. The first kappa shape index (κ1) is 14.3. The quantitative estimate of drug-likeness (QED) is 0.451. The van der Waals surface area contributed by atoms with Gasteiger partial charge in [0.05, 0.1) is 4.92 Å². The van der Waals surface area contributed by atoms with E-state index in [-0.39, 0.29) is 5.69 Å². The zero-order valence-corrected chi connectivity index (χ0v) is 12.7. The Labute approximate surface area is 127 Å². The van der Waals surface area contributed by atoms with Crippen molar-refractivity contribution in [2.45, 2.75) is 10.8 Å². The van der Waals surface area contributed by atoms with Crippen LogP contribution in [0.3, 0.4) is 0 Å². The summed E-state index contributed by atoms with van der Waals surface area (Å²) in [5.41, 5.74) is 0.916. The van der Waals surface area contributed by atoms with Crippen molar-refractivity contribution in [2.75, 3.05) is 0 Å². The molecule has 0 unspecified atom stereocenters. The first-order valence-electron chi connectivity index (χ1n) is 5.24. The van der Waals surface area contributed by atoms with Crippen molar-refractivity contribution in [1.82, 2.24) is 4.98 Å². The number of nitro groups is 1. The summed E-state index contributed by atoms with van der Waals surface area (Å²) in [6.07, 6.45) is 1.54. The summed E-state index contributed by atoms with van der Waals surface area (Å²) in [6.45, 7) is 0. The SMILES string of the molecule is O=[N+]([O-])c1cc(Br)cnc1SCc1ccccc1Cl. The van der Waals surface area contributed by atoms with E-state index in [2.05, 4.69) is 20.9 Å². The first-order valence-corrected chi connectivity index (χ1v) is 7.39. The Morgan fingerprint density at radius 3 is 2.84 bits per heavy atom. The molecule has 0 saturated heterocycles. The Bertz CT molecular complexity index is 624. The fourth-order valence-electron chi connectivity index (χ4n) is 1.42. The van der Waals surface area contributed by atoms with Crippen molar-refractivity contribution in [3.05, 3.63) is 61.7 Å². The standard InChI is InChI=1S/C12H8BrClN2O2S/c13-9-5-11(16(17)18)12(15-6-9)19-7-8-3-1-2-4-10(8)14/h1-6H,7H2. The normalized spacial score (nSPS) is 10.4. The monoisotopic (exact) mass is 358 g/mol. The number of pyridine rings is 1. The van der Waals surface area contributed by atoms with Crippen molar-refractivity contribution >= 4 is 45.0 Å². The third-order valence-corrected chi connectivity index (χ3v) is 4.16. The van der Waals surface area contributed by atoms with Gasteiger partial charge in [0.15, 0.2) is 5.03 Å². The van der Waals surface area contributed by atoms with E-state index in [1.807, 2.05) is 18.2 Å².